The Morgan fingerprint density at radius 1 is 1.06 bits per heavy atom. The van der Waals surface area contributed by atoms with E-state index in [4.69, 9.17) is 4.74 Å². The lowest BCUT2D eigenvalue weighted by atomic mass is 10.0. The Bertz CT molecular complexity index is 1080. The molecule has 32 heavy (non-hydrogen) atoms. The number of methoxy groups -OCH3 is 1. The van der Waals surface area contributed by atoms with Crippen LogP contribution in [-0.2, 0) is 6.54 Å². The van der Waals surface area contributed by atoms with Crippen LogP contribution in [0.3, 0.4) is 0 Å². The monoisotopic (exact) mass is 434 g/mol. The van der Waals surface area contributed by atoms with Crippen molar-refractivity contribution in [3.8, 4) is 5.75 Å². The van der Waals surface area contributed by atoms with Gasteiger partial charge in [-0.3, -0.25) is 14.5 Å². The first-order chi connectivity index (χ1) is 15.5. The van der Waals surface area contributed by atoms with Crippen LogP contribution < -0.4 is 15.6 Å². The van der Waals surface area contributed by atoms with Crippen LogP contribution >= 0.6 is 0 Å². The Kier molecular flexibility index (Phi) is 8.16. The number of likely N-dealkylation sites (N-methyl/N-ethyl adjacent to an activating group) is 1. The summed E-state index contributed by atoms with van der Waals surface area (Å²) in [6.45, 7) is 6.60. The van der Waals surface area contributed by atoms with Gasteiger partial charge in [0, 0.05) is 12.6 Å². The second-order valence-corrected chi connectivity index (χ2v) is 7.42. The fourth-order valence-corrected chi connectivity index (χ4v) is 3.69. The zero-order chi connectivity index (χ0) is 22.9. The maximum atomic E-state index is 12.9. The van der Waals surface area contributed by atoms with E-state index in [1.165, 1.54) is 16.8 Å². The highest BCUT2D eigenvalue weighted by Crippen LogP contribution is 2.23. The molecule has 3 rings (SSSR count). The van der Waals surface area contributed by atoms with Crippen LogP contribution in [0.1, 0.15) is 41.5 Å². The number of carbonyl (C=O) groups excluding carboxylic acids is 1. The summed E-state index contributed by atoms with van der Waals surface area (Å²) in [6.07, 6.45) is 0. The van der Waals surface area contributed by atoms with Crippen LogP contribution in [0.5, 0.6) is 5.75 Å². The smallest absolute Gasteiger partial charge is 0.271 e. The fourth-order valence-electron chi connectivity index (χ4n) is 3.69. The van der Waals surface area contributed by atoms with Gasteiger partial charge in [0.25, 0.3) is 11.5 Å². The van der Waals surface area contributed by atoms with Crippen LogP contribution in [0.4, 0.5) is 0 Å². The van der Waals surface area contributed by atoms with E-state index in [1.54, 1.807) is 7.11 Å². The summed E-state index contributed by atoms with van der Waals surface area (Å²) in [4.78, 5) is 27.4. The number of carbonyl (C=O) groups is 1. The van der Waals surface area contributed by atoms with Gasteiger partial charge in [-0.25, -0.2) is 4.68 Å². The molecule has 0 aliphatic heterocycles. The van der Waals surface area contributed by atoms with Crippen LogP contribution in [0.25, 0.3) is 0 Å². The number of rotatable bonds is 10. The van der Waals surface area contributed by atoms with Crippen molar-refractivity contribution in [2.45, 2.75) is 26.4 Å². The minimum absolute atomic E-state index is 0.0146. The van der Waals surface area contributed by atoms with Gasteiger partial charge in [-0.05, 0) is 42.4 Å². The topological polar surface area (TPSA) is 76.5 Å². The molecule has 168 valence electrons. The second-order valence-electron chi connectivity index (χ2n) is 7.42. The molecule has 0 bridgehead atoms. The molecule has 7 nitrogen and oxygen atoms in total. The summed E-state index contributed by atoms with van der Waals surface area (Å²) in [7, 11) is 1.64. The normalized spacial score (nSPS) is 11.9. The predicted molar refractivity (Wildman–Crippen MR) is 125 cm³/mol. The number of hydrogen-bond donors (Lipinski definition) is 1. The lowest BCUT2D eigenvalue weighted by Gasteiger charge is -2.30. The molecule has 0 aliphatic rings. The Morgan fingerprint density at radius 2 is 1.81 bits per heavy atom. The fraction of sp³-hybridized carbons (Fsp3) is 0.320. The van der Waals surface area contributed by atoms with E-state index in [1.807, 2.05) is 54.6 Å². The molecular weight excluding hydrogens is 404 g/mol. The molecule has 1 unspecified atom stereocenters. The molecule has 1 heterocycles. The maximum absolute atomic E-state index is 12.9. The molecular formula is C25H30N4O3. The first-order valence-electron chi connectivity index (χ1n) is 10.8. The lowest BCUT2D eigenvalue weighted by molar-refractivity contribution is 0.0927. The third-order valence-corrected chi connectivity index (χ3v) is 5.46. The Morgan fingerprint density at radius 3 is 2.50 bits per heavy atom. The average Bonchev–Trinajstić information content (AvgIpc) is 2.83. The largest absolute Gasteiger partial charge is 0.497 e. The summed E-state index contributed by atoms with van der Waals surface area (Å²) in [5, 5.41) is 7.28. The molecule has 2 aromatic carbocycles. The van der Waals surface area contributed by atoms with Gasteiger partial charge in [0.15, 0.2) is 0 Å². The van der Waals surface area contributed by atoms with Crippen molar-refractivity contribution in [2.75, 3.05) is 26.7 Å². The van der Waals surface area contributed by atoms with Crippen molar-refractivity contribution in [1.82, 2.24) is 20.0 Å². The molecule has 0 saturated heterocycles. The highest BCUT2D eigenvalue weighted by molar-refractivity contribution is 5.92. The quantitative estimate of drug-likeness (QED) is 0.531. The minimum Gasteiger partial charge on any atom is -0.497 e. The SMILES string of the molecule is CCN(CC)C(CNC(=O)c1ccc(=O)n(Cc2ccccc2)n1)c1cccc(OC)c1. The molecule has 3 aromatic rings. The van der Waals surface area contributed by atoms with Crippen molar-refractivity contribution >= 4 is 5.91 Å². The van der Waals surface area contributed by atoms with Crippen LogP contribution in [0.2, 0.25) is 0 Å². The zero-order valence-electron chi connectivity index (χ0n) is 18.8. The number of hydrogen-bond acceptors (Lipinski definition) is 5. The predicted octanol–water partition coefficient (Wildman–Crippen LogP) is 3.11. The zero-order valence-corrected chi connectivity index (χ0v) is 18.8. The Hall–Kier alpha value is -3.45. The maximum Gasteiger partial charge on any atom is 0.271 e. The van der Waals surface area contributed by atoms with E-state index in [9.17, 15) is 9.59 Å². The Balaban J connectivity index is 1.77. The van der Waals surface area contributed by atoms with E-state index in [-0.39, 0.29) is 23.2 Å². The van der Waals surface area contributed by atoms with Crippen LogP contribution in [0.15, 0.2) is 71.5 Å². The molecule has 0 saturated carbocycles. The van der Waals surface area contributed by atoms with E-state index < -0.39 is 0 Å². The summed E-state index contributed by atoms with van der Waals surface area (Å²) >= 11 is 0. The lowest BCUT2D eigenvalue weighted by Crippen LogP contribution is -2.39. The molecule has 1 N–H and O–H groups in total. The van der Waals surface area contributed by atoms with Crippen molar-refractivity contribution in [2.24, 2.45) is 0 Å². The molecule has 1 atom stereocenters. The number of nitrogens with one attached hydrogen (secondary N) is 1. The van der Waals surface area contributed by atoms with Crippen molar-refractivity contribution in [3.63, 3.8) is 0 Å². The third-order valence-electron chi connectivity index (χ3n) is 5.46. The van der Waals surface area contributed by atoms with E-state index in [0.29, 0.717) is 13.1 Å². The molecule has 1 aromatic heterocycles. The minimum atomic E-state index is -0.313. The van der Waals surface area contributed by atoms with Gasteiger partial charge in [0.05, 0.1) is 19.7 Å². The first kappa shape index (κ1) is 23.2. The summed E-state index contributed by atoms with van der Waals surface area (Å²) in [6, 6.07) is 20.3. The average molecular weight is 435 g/mol. The Labute approximate surface area is 188 Å². The van der Waals surface area contributed by atoms with Gasteiger partial charge in [-0.1, -0.05) is 56.3 Å². The highest BCUT2D eigenvalue weighted by Gasteiger charge is 2.20. The van der Waals surface area contributed by atoms with Crippen LogP contribution in [-0.4, -0.2) is 47.3 Å². The molecule has 0 spiro atoms. The van der Waals surface area contributed by atoms with Gasteiger partial charge in [0.2, 0.25) is 0 Å². The van der Waals surface area contributed by atoms with Gasteiger partial charge < -0.3 is 10.1 Å². The van der Waals surface area contributed by atoms with Crippen molar-refractivity contribution < 1.29 is 9.53 Å². The van der Waals surface area contributed by atoms with Crippen molar-refractivity contribution in [1.29, 1.82) is 0 Å². The number of nitrogens with zero attached hydrogens (tertiary/aromatic N) is 3. The van der Waals surface area contributed by atoms with E-state index in [2.05, 4.69) is 29.2 Å². The summed E-state index contributed by atoms with van der Waals surface area (Å²) in [5.74, 6) is 0.465. The summed E-state index contributed by atoms with van der Waals surface area (Å²) in [5.41, 5.74) is 1.97. The number of ether oxygens (including phenoxy) is 1. The second kappa shape index (κ2) is 11.2. The van der Waals surface area contributed by atoms with Crippen molar-refractivity contribution in [3.05, 3.63) is 93.9 Å². The van der Waals surface area contributed by atoms with Gasteiger partial charge in [-0.2, -0.15) is 5.10 Å². The molecule has 7 heteroatoms. The highest BCUT2D eigenvalue weighted by atomic mass is 16.5. The van der Waals surface area contributed by atoms with Gasteiger partial charge >= 0.3 is 0 Å². The number of amides is 1. The van der Waals surface area contributed by atoms with Gasteiger partial charge in [0.1, 0.15) is 11.4 Å². The first-order valence-corrected chi connectivity index (χ1v) is 10.8. The molecule has 0 radical (unpaired) electrons. The molecule has 1 amide bonds. The molecule has 0 fully saturated rings. The van der Waals surface area contributed by atoms with E-state index in [0.717, 1.165) is 30.0 Å². The van der Waals surface area contributed by atoms with E-state index >= 15 is 0 Å². The standard InChI is InChI=1S/C25H30N4O3/c1-4-28(5-2)23(20-12-9-13-21(16-20)32-3)17-26-25(31)22-14-15-24(30)29(27-22)18-19-10-7-6-8-11-19/h6-16,23H,4-5,17-18H2,1-3H3,(H,26,31). The summed E-state index contributed by atoms with van der Waals surface area (Å²) < 4.78 is 6.69. The van der Waals surface area contributed by atoms with Gasteiger partial charge in [-0.15, -0.1) is 0 Å². The number of aromatic nitrogens is 2. The third kappa shape index (κ3) is 5.82. The number of benzene rings is 2. The van der Waals surface area contributed by atoms with Crippen LogP contribution in [0, 0.1) is 0 Å². The molecule has 0 aliphatic carbocycles.